The van der Waals surface area contributed by atoms with Gasteiger partial charge in [-0.25, -0.2) is 4.98 Å². The molecule has 2 heterocycles. The van der Waals surface area contributed by atoms with Crippen LogP contribution >= 0.6 is 11.3 Å². The normalized spacial score (nSPS) is 17.6. The summed E-state index contributed by atoms with van der Waals surface area (Å²) < 4.78 is 6.44. The molecule has 0 aliphatic carbocycles. The maximum Gasteiger partial charge on any atom is 0.254 e. The summed E-state index contributed by atoms with van der Waals surface area (Å²) in [4.78, 5) is 19.9. The molecular formula is C20H20N2O2S. The first-order chi connectivity index (χ1) is 12.3. The average molecular weight is 352 g/mol. The highest BCUT2D eigenvalue weighted by Crippen LogP contribution is 2.36. The number of nitrogens with zero attached hydrogens (tertiary/aromatic N) is 2. The van der Waals surface area contributed by atoms with E-state index < -0.39 is 0 Å². The van der Waals surface area contributed by atoms with Crippen molar-refractivity contribution in [1.82, 2.24) is 9.88 Å². The van der Waals surface area contributed by atoms with Gasteiger partial charge >= 0.3 is 0 Å². The molecule has 4 nitrogen and oxygen atoms in total. The van der Waals surface area contributed by atoms with Crippen LogP contribution in [0.4, 0.5) is 0 Å². The quantitative estimate of drug-likeness (QED) is 0.688. The highest BCUT2D eigenvalue weighted by atomic mass is 32.1. The van der Waals surface area contributed by atoms with E-state index in [9.17, 15) is 4.79 Å². The lowest BCUT2D eigenvalue weighted by Gasteiger charge is -2.34. The third kappa shape index (κ3) is 3.12. The van der Waals surface area contributed by atoms with Crippen LogP contribution in [-0.4, -0.2) is 29.4 Å². The van der Waals surface area contributed by atoms with E-state index in [1.165, 1.54) is 4.70 Å². The van der Waals surface area contributed by atoms with Crippen molar-refractivity contribution in [3.63, 3.8) is 0 Å². The third-order valence-corrected chi connectivity index (χ3v) is 5.81. The van der Waals surface area contributed by atoms with E-state index in [1.807, 2.05) is 47.4 Å². The van der Waals surface area contributed by atoms with Gasteiger partial charge in [0.2, 0.25) is 0 Å². The minimum absolute atomic E-state index is 0.0582. The zero-order valence-electron chi connectivity index (χ0n) is 14.1. The van der Waals surface area contributed by atoms with Crippen LogP contribution in [0.1, 0.15) is 40.7 Å². The van der Waals surface area contributed by atoms with Crippen LogP contribution in [0.25, 0.3) is 10.2 Å². The van der Waals surface area contributed by atoms with E-state index in [2.05, 4.69) is 6.07 Å². The van der Waals surface area contributed by atoms with Gasteiger partial charge in [0, 0.05) is 12.1 Å². The standard InChI is InChI=1S/C20H20N2O2S/c1-24-15-8-6-7-14(13-15)20(23)22-12-5-4-10-17(22)19-21-16-9-2-3-11-18(16)25-19/h2-3,6-9,11,13,17H,4-5,10,12H2,1H3. The summed E-state index contributed by atoms with van der Waals surface area (Å²) in [5.74, 6) is 0.766. The second-order valence-corrected chi connectivity index (χ2v) is 7.32. The Labute approximate surface area is 151 Å². The van der Waals surface area contributed by atoms with Gasteiger partial charge in [0.05, 0.1) is 23.4 Å². The number of para-hydroxylation sites is 1. The van der Waals surface area contributed by atoms with Gasteiger partial charge in [-0.2, -0.15) is 0 Å². The summed E-state index contributed by atoms with van der Waals surface area (Å²) in [5, 5.41) is 1.04. The van der Waals surface area contributed by atoms with E-state index in [1.54, 1.807) is 18.4 Å². The van der Waals surface area contributed by atoms with Crippen molar-refractivity contribution in [2.45, 2.75) is 25.3 Å². The second-order valence-electron chi connectivity index (χ2n) is 6.26. The van der Waals surface area contributed by atoms with Crippen LogP contribution in [-0.2, 0) is 0 Å². The average Bonchev–Trinajstić information content (AvgIpc) is 3.11. The molecule has 1 unspecified atom stereocenters. The predicted molar refractivity (Wildman–Crippen MR) is 100 cm³/mol. The predicted octanol–water partition coefficient (Wildman–Crippen LogP) is 4.67. The minimum Gasteiger partial charge on any atom is -0.497 e. The fraction of sp³-hybridized carbons (Fsp3) is 0.300. The number of methoxy groups -OCH3 is 1. The van der Waals surface area contributed by atoms with Gasteiger partial charge in [0.25, 0.3) is 5.91 Å². The lowest BCUT2D eigenvalue weighted by Crippen LogP contribution is -2.38. The summed E-state index contributed by atoms with van der Waals surface area (Å²) in [6.07, 6.45) is 3.13. The lowest BCUT2D eigenvalue weighted by atomic mass is 10.0. The van der Waals surface area contributed by atoms with Gasteiger partial charge in [-0.05, 0) is 49.6 Å². The summed E-state index contributed by atoms with van der Waals surface area (Å²) >= 11 is 1.70. The Kier molecular flexibility index (Phi) is 4.40. The van der Waals surface area contributed by atoms with Gasteiger partial charge in [0.15, 0.2) is 0 Å². The van der Waals surface area contributed by atoms with Crippen molar-refractivity contribution in [2.24, 2.45) is 0 Å². The number of amides is 1. The summed E-state index contributed by atoms with van der Waals surface area (Å²) in [6.45, 7) is 0.774. The maximum absolute atomic E-state index is 13.1. The van der Waals surface area contributed by atoms with Crippen LogP contribution in [0.2, 0.25) is 0 Å². The molecule has 0 bridgehead atoms. The molecule has 1 aliphatic heterocycles. The van der Waals surface area contributed by atoms with E-state index in [0.29, 0.717) is 11.3 Å². The molecule has 0 radical (unpaired) electrons. The highest BCUT2D eigenvalue weighted by Gasteiger charge is 2.31. The molecular weight excluding hydrogens is 332 g/mol. The van der Waals surface area contributed by atoms with Gasteiger partial charge in [-0.15, -0.1) is 11.3 Å². The largest absolute Gasteiger partial charge is 0.497 e. The molecule has 1 atom stereocenters. The van der Waals surface area contributed by atoms with Gasteiger partial charge < -0.3 is 9.64 Å². The number of hydrogen-bond acceptors (Lipinski definition) is 4. The molecule has 1 fully saturated rings. The summed E-state index contributed by atoms with van der Waals surface area (Å²) in [7, 11) is 1.62. The van der Waals surface area contributed by atoms with E-state index in [0.717, 1.165) is 36.3 Å². The van der Waals surface area contributed by atoms with Crippen molar-refractivity contribution < 1.29 is 9.53 Å². The number of thiazole rings is 1. The number of aromatic nitrogens is 1. The Morgan fingerprint density at radius 3 is 2.92 bits per heavy atom. The number of likely N-dealkylation sites (tertiary alicyclic amines) is 1. The van der Waals surface area contributed by atoms with Crippen molar-refractivity contribution in [1.29, 1.82) is 0 Å². The molecule has 5 heteroatoms. The first kappa shape index (κ1) is 16.1. The number of benzene rings is 2. The van der Waals surface area contributed by atoms with Crippen molar-refractivity contribution >= 4 is 27.5 Å². The van der Waals surface area contributed by atoms with Gasteiger partial charge in [-0.3, -0.25) is 4.79 Å². The van der Waals surface area contributed by atoms with E-state index >= 15 is 0 Å². The lowest BCUT2D eigenvalue weighted by molar-refractivity contribution is 0.0611. The number of rotatable bonds is 3. The first-order valence-electron chi connectivity index (χ1n) is 8.57. The molecule has 1 amide bonds. The molecule has 2 aromatic carbocycles. The Balaban J connectivity index is 1.67. The van der Waals surface area contributed by atoms with Crippen LogP contribution in [0, 0.1) is 0 Å². The molecule has 1 saturated heterocycles. The topological polar surface area (TPSA) is 42.4 Å². The van der Waals surface area contributed by atoms with Crippen LogP contribution in [0.5, 0.6) is 5.75 Å². The third-order valence-electron chi connectivity index (χ3n) is 4.68. The molecule has 128 valence electrons. The smallest absolute Gasteiger partial charge is 0.254 e. The Morgan fingerprint density at radius 1 is 1.20 bits per heavy atom. The molecule has 0 spiro atoms. The maximum atomic E-state index is 13.1. The van der Waals surface area contributed by atoms with Crippen molar-refractivity contribution in [3.8, 4) is 5.75 Å². The van der Waals surface area contributed by atoms with Crippen LogP contribution < -0.4 is 4.74 Å². The second kappa shape index (κ2) is 6.84. The summed E-state index contributed by atoms with van der Waals surface area (Å²) in [6, 6.07) is 15.6. The fourth-order valence-corrected chi connectivity index (χ4v) is 4.50. The first-order valence-corrected chi connectivity index (χ1v) is 9.38. The van der Waals surface area contributed by atoms with Crippen molar-refractivity contribution in [2.75, 3.05) is 13.7 Å². The zero-order chi connectivity index (χ0) is 17.2. The van der Waals surface area contributed by atoms with Crippen LogP contribution in [0.3, 0.4) is 0 Å². The highest BCUT2D eigenvalue weighted by molar-refractivity contribution is 7.18. The van der Waals surface area contributed by atoms with Crippen molar-refractivity contribution in [3.05, 3.63) is 59.1 Å². The zero-order valence-corrected chi connectivity index (χ0v) is 15.0. The monoisotopic (exact) mass is 352 g/mol. The number of carbonyl (C=O) groups is 1. The van der Waals surface area contributed by atoms with Crippen LogP contribution in [0.15, 0.2) is 48.5 Å². The molecule has 1 aromatic heterocycles. The summed E-state index contributed by atoms with van der Waals surface area (Å²) in [5.41, 5.74) is 1.69. The Bertz CT molecular complexity index is 872. The van der Waals surface area contributed by atoms with E-state index in [4.69, 9.17) is 9.72 Å². The minimum atomic E-state index is 0.0582. The number of fused-ring (bicyclic) bond motifs is 1. The number of ether oxygens (including phenoxy) is 1. The fourth-order valence-electron chi connectivity index (χ4n) is 3.39. The Morgan fingerprint density at radius 2 is 2.08 bits per heavy atom. The number of hydrogen-bond donors (Lipinski definition) is 0. The number of carbonyl (C=O) groups excluding carboxylic acids is 1. The molecule has 3 aromatic rings. The molecule has 0 saturated carbocycles. The SMILES string of the molecule is COc1cccc(C(=O)N2CCCCC2c2nc3ccccc3s2)c1. The molecule has 4 rings (SSSR count). The van der Waals surface area contributed by atoms with Gasteiger partial charge in [-0.1, -0.05) is 18.2 Å². The Hall–Kier alpha value is -2.40. The molecule has 1 aliphatic rings. The molecule has 25 heavy (non-hydrogen) atoms. The number of piperidine rings is 1. The molecule has 0 N–H and O–H groups in total. The van der Waals surface area contributed by atoms with E-state index in [-0.39, 0.29) is 11.9 Å². The van der Waals surface area contributed by atoms with Gasteiger partial charge in [0.1, 0.15) is 10.8 Å².